The lowest BCUT2D eigenvalue weighted by molar-refractivity contribution is -0.143. The predicted octanol–water partition coefficient (Wildman–Crippen LogP) is 5.48. The second-order valence-corrected chi connectivity index (χ2v) is 11.8. The van der Waals surface area contributed by atoms with Crippen LogP contribution < -0.4 is 20.9 Å². The van der Waals surface area contributed by atoms with Gasteiger partial charge >= 0.3 is 5.97 Å². The second kappa shape index (κ2) is 15.2. The quantitative estimate of drug-likeness (QED) is 0.125. The zero-order valence-corrected chi connectivity index (χ0v) is 26.3. The van der Waals surface area contributed by atoms with Gasteiger partial charge in [0.25, 0.3) is 0 Å². The number of nitrogens with one attached hydrogen (secondary N) is 3. The van der Waals surface area contributed by atoms with Gasteiger partial charge in [0, 0.05) is 56.2 Å². The molecule has 2 fully saturated rings. The van der Waals surface area contributed by atoms with Crippen LogP contribution in [0.4, 0.5) is 29.0 Å². The molecule has 4 aromatic rings. The summed E-state index contributed by atoms with van der Waals surface area (Å²) >= 11 is 0. The number of imidazole rings is 1. The Morgan fingerprint density at radius 1 is 0.933 bits per heavy atom. The van der Waals surface area contributed by atoms with Gasteiger partial charge in [-0.3, -0.25) is 14.3 Å². The molecular formula is C34H45N9O2. The summed E-state index contributed by atoms with van der Waals surface area (Å²) in [5, 5.41) is 10.4. The van der Waals surface area contributed by atoms with Gasteiger partial charge in [-0.15, -0.1) is 0 Å². The highest BCUT2D eigenvalue weighted by atomic mass is 16.5. The molecule has 2 aliphatic rings. The lowest BCUT2D eigenvalue weighted by Crippen LogP contribution is -2.46. The molecule has 3 N–H and O–H groups in total. The number of para-hydroxylation sites is 1. The van der Waals surface area contributed by atoms with E-state index in [2.05, 4.69) is 59.6 Å². The minimum atomic E-state index is -0.0704. The summed E-state index contributed by atoms with van der Waals surface area (Å²) in [5.41, 5.74) is 4.78. The van der Waals surface area contributed by atoms with Crippen LogP contribution in [-0.4, -0.2) is 82.8 Å². The van der Waals surface area contributed by atoms with Crippen LogP contribution in [0.5, 0.6) is 0 Å². The molecule has 2 aromatic carbocycles. The molecule has 2 aliphatic heterocycles. The zero-order chi connectivity index (χ0) is 30.8. The minimum absolute atomic E-state index is 0.0704. The summed E-state index contributed by atoms with van der Waals surface area (Å²) in [6.45, 7) is 9.50. The number of aromatic nitrogens is 4. The van der Waals surface area contributed by atoms with Gasteiger partial charge in [-0.1, -0.05) is 31.0 Å². The first kappa shape index (κ1) is 30.8. The number of fused-ring (bicyclic) bond motifs is 1. The Morgan fingerprint density at radius 3 is 2.47 bits per heavy atom. The molecule has 0 saturated carbocycles. The number of esters is 1. The van der Waals surface area contributed by atoms with Crippen LogP contribution in [0, 0.1) is 0 Å². The highest BCUT2D eigenvalue weighted by molar-refractivity contribution is 5.77. The number of ether oxygens (including phenoxy) is 1. The molecule has 11 nitrogen and oxygen atoms in total. The van der Waals surface area contributed by atoms with Crippen molar-refractivity contribution in [1.82, 2.24) is 29.7 Å². The summed E-state index contributed by atoms with van der Waals surface area (Å²) in [6, 6.07) is 19.0. The van der Waals surface area contributed by atoms with E-state index in [1.807, 2.05) is 37.3 Å². The number of carbonyl (C=O) groups is 1. The third-order valence-corrected chi connectivity index (χ3v) is 8.63. The number of hydrogen-bond acceptors (Lipinski definition) is 10. The van der Waals surface area contributed by atoms with E-state index in [1.165, 1.54) is 12.1 Å². The Balaban J connectivity index is 1.02. The smallest absolute Gasteiger partial charge is 0.305 e. The standard InChI is InChI=1S/C34H45N9O2/c1-2-45-31(44)12-8-3-4-9-19-41-20-22-42(23-21-41)28-15-13-27(14-16-28)37-33-36-25-30-32(40-33)43(29-17-18-35-24-29)34(39-30)38-26-10-6-5-7-11-26/h5-7,10-11,13-16,25,29,35H,2-4,8-9,12,17-24H2,1H3,(H,38,39)(H,36,37,40). The maximum Gasteiger partial charge on any atom is 0.305 e. The molecule has 6 rings (SSSR count). The van der Waals surface area contributed by atoms with Crippen molar-refractivity contribution in [2.45, 2.75) is 51.5 Å². The van der Waals surface area contributed by atoms with Crippen molar-refractivity contribution in [2.75, 3.05) is 68.0 Å². The van der Waals surface area contributed by atoms with Crippen LogP contribution in [-0.2, 0) is 9.53 Å². The van der Waals surface area contributed by atoms with Gasteiger partial charge in [-0.2, -0.15) is 4.98 Å². The number of piperazine rings is 1. The SMILES string of the molecule is CCOC(=O)CCCCCCN1CCN(c2ccc(Nc3ncc4nc(Nc5ccccc5)n(C5CCNC5)c4n3)cc2)CC1. The molecule has 45 heavy (non-hydrogen) atoms. The fraction of sp³-hybridized carbons (Fsp3) is 0.471. The topological polar surface area (TPSA) is 112 Å². The maximum atomic E-state index is 11.5. The molecule has 0 amide bonds. The minimum Gasteiger partial charge on any atom is -0.466 e. The Hall–Kier alpha value is -4.22. The molecule has 2 aromatic heterocycles. The monoisotopic (exact) mass is 611 g/mol. The maximum absolute atomic E-state index is 11.5. The average Bonchev–Trinajstić information content (AvgIpc) is 3.72. The highest BCUT2D eigenvalue weighted by Crippen LogP contribution is 2.30. The van der Waals surface area contributed by atoms with Crippen LogP contribution in [0.15, 0.2) is 60.8 Å². The van der Waals surface area contributed by atoms with E-state index in [1.54, 1.807) is 6.20 Å². The van der Waals surface area contributed by atoms with E-state index in [4.69, 9.17) is 14.7 Å². The van der Waals surface area contributed by atoms with Gasteiger partial charge in [0.1, 0.15) is 5.52 Å². The van der Waals surface area contributed by atoms with Crippen LogP contribution >= 0.6 is 0 Å². The average molecular weight is 612 g/mol. The number of hydrogen-bond donors (Lipinski definition) is 3. The molecule has 238 valence electrons. The Morgan fingerprint density at radius 2 is 1.71 bits per heavy atom. The number of rotatable bonds is 14. The van der Waals surface area contributed by atoms with Crippen LogP contribution in [0.3, 0.4) is 0 Å². The van der Waals surface area contributed by atoms with Crippen molar-refractivity contribution in [3.8, 4) is 0 Å². The van der Waals surface area contributed by atoms with Gasteiger partial charge in [-0.05, 0) is 75.7 Å². The first-order valence-electron chi connectivity index (χ1n) is 16.4. The van der Waals surface area contributed by atoms with Gasteiger partial charge in [0.05, 0.1) is 18.8 Å². The number of nitrogens with zero attached hydrogens (tertiary/aromatic N) is 6. The molecule has 0 bridgehead atoms. The molecule has 4 heterocycles. The third kappa shape index (κ3) is 8.09. The van der Waals surface area contributed by atoms with Gasteiger partial charge in [0.2, 0.25) is 11.9 Å². The van der Waals surface area contributed by atoms with Gasteiger partial charge in [0.15, 0.2) is 5.65 Å². The molecule has 0 aliphatic carbocycles. The zero-order valence-electron chi connectivity index (χ0n) is 26.3. The van der Waals surface area contributed by atoms with E-state index in [9.17, 15) is 4.79 Å². The third-order valence-electron chi connectivity index (χ3n) is 8.63. The fourth-order valence-electron chi connectivity index (χ4n) is 6.20. The molecule has 0 radical (unpaired) electrons. The second-order valence-electron chi connectivity index (χ2n) is 11.8. The Bertz CT molecular complexity index is 1510. The van der Waals surface area contributed by atoms with Crippen molar-refractivity contribution >= 4 is 46.1 Å². The van der Waals surface area contributed by atoms with E-state index in [0.29, 0.717) is 19.0 Å². The normalized spacial score (nSPS) is 17.1. The molecule has 11 heteroatoms. The van der Waals surface area contributed by atoms with E-state index in [0.717, 1.165) is 100.0 Å². The molecule has 1 unspecified atom stereocenters. The number of benzene rings is 2. The molecule has 2 saturated heterocycles. The Kier molecular flexibility index (Phi) is 10.4. The summed E-state index contributed by atoms with van der Waals surface area (Å²) in [6.07, 6.45) is 7.73. The highest BCUT2D eigenvalue weighted by Gasteiger charge is 2.24. The summed E-state index contributed by atoms with van der Waals surface area (Å²) < 4.78 is 7.22. The largest absolute Gasteiger partial charge is 0.466 e. The molecule has 0 spiro atoms. The summed E-state index contributed by atoms with van der Waals surface area (Å²) in [5.74, 6) is 1.27. The van der Waals surface area contributed by atoms with Crippen molar-refractivity contribution in [1.29, 1.82) is 0 Å². The summed E-state index contributed by atoms with van der Waals surface area (Å²) in [4.78, 5) is 30.8. The van der Waals surface area contributed by atoms with Crippen LogP contribution in [0.2, 0.25) is 0 Å². The lowest BCUT2D eigenvalue weighted by atomic mass is 10.1. The van der Waals surface area contributed by atoms with Crippen LogP contribution in [0.1, 0.15) is 51.5 Å². The molecular weight excluding hydrogens is 566 g/mol. The van der Waals surface area contributed by atoms with Crippen molar-refractivity contribution < 1.29 is 9.53 Å². The first-order chi connectivity index (χ1) is 22.2. The van der Waals surface area contributed by atoms with Gasteiger partial charge < -0.3 is 25.6 Å². The van der Waals surface area contributed by atoms with Crippen LogP contribution in [0.25, 0.3) is 11.2 Å². The molecule has 1 atom stereocenters. The van der Waals surface area contributed by atoms with E-state index in [-0.39, 0.29) is 12.0 Å². The Labute approximate surface area is 265 Å². The van der Waals surface area contributed by atoms with E-state index < -0.39 is 0 Å². The summed E-state index contributed by atoms with van der Waals surface area (Å²) in [7, 11) is 0. The fourth-order valence-corrected chi connectivity index (χ4v) is 6.20. The van der Waals surface area contributed by atoms with E-state index >= 15 is 0 Å². The van der Waals surface area contributed by atoms with Crippen molar-refractivity contribution in [3.05, 3.63) is 60.8 Å². The first-order valence-corrected chi connectivity index (χ1v) is 16.4. The number of anilines is 5. The van der Waals surface area contributed by atoms with Crippen molar-refractivity contribution in [3.63, 3.8) is 0 Å². The predicted molar refractivity (Wildman–Crippen MR) is 180 cm³/mol. The number of unbranched alkanes of at least 4 members (excludes halogenated alkanes) is 3. The number of carbonyl (C=O) groups excluding carboxylic acids is 1. The van der Waals surface area contributed by atoms with Gasteiger partial charge in [-0.25, -0.2) is 9.97 Å². The van der Waals surface area contributed by atoms with Crippen molar-refractivity contribution in [2.24, 2.45) is 0 Å². The lowest BCUT2D eigenvalue weighted by Gasteiger charge is -2.36.